The summed E-state index contributed by atoms with van der Waals surface area (Å²) in [6.07, 6.45) is -0.576. The van der Waals surface area contributed by atoms with Crippen LogP contribution in [-0.2, 0) is 0 Å². The number of hydrogen-bond acceptors (Lipinski definition) is 5. The largest absolute Gasteiger partial charge is 0.493 e. The fourth-order valence-corrected chi connectivity index (χ4v) is 2.43. The fourth-order valence-electron chi connectivity index (χ4n) is 2.43. The highest BCUT2D eigenvalue weighted by molar-refractivity contribution is 6.11. The van der Waals surface area contributed by atoms with Gasteiger partial charge < -0.3 is 20.4 Å². The van der Waals surface area contributed by atoms with Gasteiger partial charge in [-0.3, -0.25) is 4.90 Å². The van der Waals surface area contributed by atoms with Crippen LogP contribution in [0.4, 0.5) is 10.5 Å². The van der Waals surface area contributed by atoms with Gasteiger partial charge in [-0.15, -0.1) is 0 Å². The highest BCUT2D eigenvalue weighted by Crippen LogP contribution is 2.39. The maximum Gasteiger partial charge on any atom is 0.412 e. The quantitative estimate of drug-likeness (QED) is 0.633. The number of hydrazone groups is 1. The van der Waals surface area contributed by atoms with Gasteiger partial charge in [0.2, 0.25) is 0 Å². The summed E-state index contributed by atoms with van der Waals surface area (Å²) in [5.41, 5.74) is 1.79. The number of fused-ring (bicyclic) bond motifs is 1. The predicted molar refractivity (Wildman–Crippen MR) is 74.9 cm³/mol. The summed E-state index contributed by atoms with van der Waals surface area (Å²) in [7, 11) is 3.02. The van der Waals surface area contributed by atoms with Crippen molar-refractivity contribution < 1.29 is 19.4 Å². The first-order valence-corrected chi connectivity index (χ1v) is 6.08. The number of ether oxygens (including phenoxy) is 2. The van der Waals surface area contributed by atoms with Gasteiger partial charge in [0.05, 0.1) is 25.6 Å². The lowest BCUT2D eigenvalue weighted by atomic mass is 9.94. The number of hydrogen-bond donors (Lipinski definition) is 2. The van der Waals surface area contributed by atoms with Crippen molar-refractivity contribution in [3.8, 4) is 11.5 Å². The molecule has 1 heterocycles. The number of amides is 1. The van der Waals surface area contributed by atoms with E-state index in [9.17, 15) is 9.90 Å². The van der Waals surface area contributed by atoms with E-state index >= 15 is 0 Å². The number of anilines is 1. The van der Waals surface area contributed by atoms with Crippen LogP contribution in [0.1, 0.15) is 18.9 Å². The molecule has 0 saturated heterocycles. The predicted octanol–water partition coefficient (Wildman–Crippen LogP) is 1.64. The third-order valence-electron chi connectivity index (χ3n) is 3.36. The molecule has 7 heteroatoms. The summed E-state index contributed by atoms with van der Waals surface area (Å²) >= 11 is 0. The monoisotopic (exact) mass is 279 g/mol. The van der Waals surface area contributed by atoms with E-state index in [-0.39, 0.29) is 6.04 Å². The zero-order valence-electron chi connectivity index (χ0n) is 11.6. The molecule has 1 unspecified atom stereocenters. The van der Waals surface area contributed by atoms with E-state index in [1.54, 1.807) is 19.1 Å². The molecular weight excluding hydrogens is 262 g/mol. The van der Waals surface area contributed by atoms with Gasteiger partial charge in [-0.05, 0) is 13.0 Å². The van der Waals surface area contributed by atoms with Crippen molar-refractivity contribution in [1.29, 1.82) is 0 Å². The number of nitrogens with zero attached hydrogens (tertiary/aromatic N) is 2. The fraction of sp³-hybridized carbons (Fsp3) is 0.385. The minimum atomic E-state index is -1.03. The van der Waals surface area contributed by atoms with Gasteiger partial charge in [0.1, 0.15) is 0 Å². The summed E-state index contributed by atoms with van der Waals surface area (Å²) in [5.74, 6) is 6.38. The highest BCUT2D eigenvalue weighted by Gasteiger charge is 2.33. The van der Waals surface area contributed by atoms with Gasteiger partial charge in [0, 0.05) is 24.1 Å². The standard InChI is InChI=1S/C13H17N3O4/c1-7-4-9(15-14)8-5-11(19-2)12(20-3)6-10(8)16(7)13(17)18/h5-7H,4,14H2,1-3H3,(H,17,18). The number of nitrogens with two attached hydrogens (primary N) is 1. The zero-order valence-corrected chi connectivity index (χ0v) is 11.6. The van der Waals surface area contributed by atoms with Crippen LogP contribution >= 0.6 is 0 Å². The first-order chi connectivity index (χ1) is 9.53. The van der Waals surface area contributed by atoms with E-state index in [2.05, 4.69) is 5.10 Å². The lowest BCUT2D eigenvalue weighted by molar-refractivity contribution is 0.199. The van der Waals surface area contributed by atoms with Crippen LogP contribution in [-0.4, -0.2) is 37.2 Å². The zero-order chi connectivity index (χ0) is 14.9. The average molecular weight is 279 g/mol. The molecule has 0 fully saturated rings. The molecule has 2 rings (SSSR count). The molecule has 0 aliphatic carbocycles. The summed E-state index contributed by atoms with van der Waals surface area (Å²) in [5, 5.41) is 13.2. The third-order valence-corrected chi connectivity index (χ3v) is 3.36. The molecule has 0 aromatic heterocycles. The molecule has 0 saturated carbocycles. The van der Waals surface area contributed by atoms with E-state index in [1.165, 1.54) is 19.1 Å². The van der Waals surface area contributed by atoms with Crippen molar-refractivity contribution in [3.63, 3.8) is 0 Å². The summed E-state index contributed by atoms with van der Waals surface area (Å²) in [6, 6.07) is 3.07. The van der Waals surface area contributed by atoms with Crippen molar-refractivity contribution in [2.24, 2.45) is 10.9 Å². The molecule has 1 aromatic rings. The van der Waals surface area contributed by atoms with Crippen LogP contribution in [0.3, 0.4) is 0 Å². The van der Waals surface area contributed by atoms with Crippen molar-refractivity contribution in [2.75, 3.05) is 19.1 Å². The Morgan fingerprint density at radius 2 is 2.00 bits per heavy atom. The van der Waals surface area contributed by atoms with Crippen molar-refractivity contribution in [1.82, 2.24) is 0 Å². The van der Waals surface area contributed by atoms with Crippen molar-refractivity contribution in [3.05, 3.63) is 17.7 Å². The molecule has 7 nitrogen and oxygen atoms in total. The second-order valence-electron chi connectivity index (χ2n) is 4.51. The topological polar surface area (TPSA) is 97.4 Å². The van der Waals surface area contributed by atoms with Crippen molar-refractivity contribution in [2.45, 2.75) is 19.4 Å². The van der Waals surface area contributed by atoms with Gasteiger partial charge in [-0.25, -0.2) is 4.79 Å². The minimum absolute atomic E-state index is 0.250. The van der Waals surface area contributed by atoms with Crippen molar-refractivity contribution >= 4 is 17.5 Å². The molecule has 3 N–H and O–H groups in total. The van der Waals surface area contributed by atoms with E-state index in [4.69, 9.17) is 15.3 Å². The second kappa shape index (κ2) is 5.28. The summed E-state index contributed by atoms with van der Waals surface area (Å²) < 4.78 is 10.4. The Hall–Kier alpha value is -2.44. The van der Waals surface area contributed by atoms with E-state index < -0.39 is 6.09 Å². The van der Waals surface area contributed by atoms with Crippen LogP contribution in [0.25, 0.3) is 0 Å². The SMILES string of the molecule is COc1cc2c(cc1OC)N(C(=O)O)C(C)CC2=NN. The Kier molecular flexibility index (Phi) is 3.69. The van der Waals surface area contributed by atoms with Gasteiger partial charge in [0.25, 0.3) is 0 Å². The molecule has 0 bridgehead atoms. The average Bonchev–Trinajstić information content (AvgIpc) is 2.44. The first-order valence-electron chi connectivity index (χ1n) is 6.08. The van der Waals surface area contributed by atoms with Gasteiger partial charge in [-0.2, -0.15) is 5.10 Å². The third kappa shape index (κ3) is 2.11. The molecule has 1 aliphatic heterocycles. The van der Waals surface area contributed by atoms with Crippen LogP contribution in [0.2, 0.25) is 0 Å². The summed E-state index contributed by atoms with van der Waals surface area (Å²) in [6.45, 7) is 1.80. The number of carbonyl (C=O) groups is 1. The van der Waals surface area contributed by atoms with Crippen LogP contribution < -0.4 is 20.2 Å². The number of methoxy groups -OCH3 is 2. The maximum absolute atomic E-state index is 11.5. The number of rotatable bonds is 2. The molecule has 20 heavy (non-hydrogen) atoms. The lowest BCUT2D eigenvalue weighted by Crippen LogP contribution is -2.43. The Balaban J connectivity index is 2.69. The molecular formula is C13H17N3O4. The van der Waals surface area contributed by atoms with Gasteiger partial charge in [0.15, 0.2) is 11.5 Å². The molecule has 0 spiro atoms. The van der Waals surface area contributed by atoms with Crippen LogP contribution in [0.5, 0.6) is 11.5 Å². The van der Waals surface area contributed by atoms with Crippen LogP contribution in [0.15, 0.2) is 17.2 Å². The Bertz CT molecular complexity index is 571. The van der Waals surface area contributed by atoms with E-state index in [0.717, 1.165) is 0 Å². The van der Waals surface area contributed by atoms with E-state index in [1.807, 2.05) is 0 Å². The first kappa shape index (κ1) is 14.0. The molecule has 1 amide bonds. The maximum atomic E-state index is 11.5. The Labute approximate surface area is 116 Å². The summed E-state index contributed by atoms with van der Waals surface area (Å²) in [4.78, 5) is 12.7. The van der Waals surface area contributed by atoms with Gasteiger partial charge in [-0.1, -0.05) is 0 Å². The molecule has 1 atom stereocenters. The van der Waals surface area contributed by atoms with Crippen LogP contribution in [0, 0.1) is 0 Å². The second-order valence-corrected chi connectivity index (χ2v) is 4.51. The Morgan fingerprint density at radius 1 is 1.40 bits per heavy atom. The number of benzene rings is 1. The van der Waals surface area contributed by atoms with E-state index in [0.29, 0.717) is 34.9 Å². The molecule has 1 aromatic carbocycles. The lowest BCUT2D eigenvalue weighted by Gasteiger charge is -2.34. The highest BCUT2D eigenvalue weighted by atomic mass is 16.5. The normalized spacial score (nSPS) is 19.6. The number of carboxylic acid groups (broad SMARTS) is 1. The smallest absolute Gasteiger partial charge is 0.412 e. The molecule has 0 radical (unpaired) electrons. The van der Waals surface area contributed by atoms with Gasteiger partial charge >= 0.3 is 6.09 Å². The Morgan fingerprint density at radius 3 is 2.50 bits per heavy atom. The molecule has 108 valence electrons. The molecule has 1 aliphatic rings. The minimum Gasteiger partial charge on any atom is -0.493 e.